The second-order valence-electron chi connectivity index (χ2n) is 5.78. The largest absolute Gasteiger partial charge is 0.465 e. The highest BCUT2D eigenvalue weighted by Crippen LogP contribution is 2.18. The Balaban J connectivity index is 2.22. The molecule has 26 heavy (non-hydrogen) atoms. The van der Waals surface area contributed by atoms with Crippen LogP contribution in [0.15, 0.2) is 18.2 Å². The molecule has 0 bridgehead atoms. The lowest BCUT2D eigenvalue weighted by Gasteiger charge is -2.23. The van der Waals surface area contributed by atoms with Crippen LogP contribution >= 0.6 is 0 Å². The van der Waals surface area contributed by atoms with E-state index in [0.717, 1.165) is 0 Å². The van der Waals surface area contributed by atoms with Crippen LogP contribution in [0.3, 0.4) is 0 Å². The summed E-state index contributed by atoms with van der Waals surface area (Å²) in [6.45, 7) is 1.35. The monoisotopic (exact) mass is 366 g/mol. The minimum absolute atomic E-state index is 0.0892. The number of ether oxygens (including phenoxy) is 3. The molecule has 0 radical (unpaired) electrons. The first kappa shape index (κ1) is 19.7. The fraction of sp³-hybridized carbons (Fsp3) is 0.471. The second-order valence-corrected chi connectivity index (χ2v) is 5.78. The number of amides is 2. The summed E-state index contributed by atoms with van der Waals surface area (Å²) in [6.07, 6.45) is 0. The van der Waals surface area contributed by atoms with Crippen LogP contribution in [0.25, 0.3) is 0 Å². The van der Waals surface area contributed by atoms with Crippen molar-refractivity contribution in [3.05, 3.63) is 29.3 Å². The molecule has 0 aliphatic carbocycles. The van der Waals surface area contributed by atoms with Crippen molar-refractivity contribution in [1.29, 1.82) is 0 Å². The number of aliphatic hydroxyl groups excluding tert-OH is 1. The Hall–Kier alpha value is -2.65. The lowest BCUT2D eigenvalue weighted by atomic mass is 10.1. The average Bonchev–Trinajstić information content (AvgIpc) is 2.92. The molecule has 142 valence electrons. The number of nitrogens with one attached hydrogen (secondary N) is 1. The number of aliphatic hydroxyl groups is 1. The lowest BCUT2D eigenvalue weighted by Crippen LogP contribution is -2.39. The topological polar surface area (TPSA) is 114 Å². The first-order chi connectivity index (χ1) is 12.5. The fourth-order valence-corrected chi connectivity index (χ4v) is 2.55. The van der Waals surface area contributed by atoms with Crippen molar-refractivity contribution in [3.63, 3.8) is 0 Å². The Kier molecular flexibility index (Phi) is 6.93. The maximum atomic E-state index is 12.5. The maximum absolute atomic E-state index is 12.5. The van der Waals surface area contributed by atoms with Crippen molar-refractivity contribution in [3.8, 4) is 0 Å². The predicted molar refractivity (Wildman–Crippen MR) is 91.1 cm³/mol. The number of methoxy groups -OCH3 is 2. The molecule has 1 aliphatic rings. The summed E-state index contributed by atoms with van der Waals surface area (Å²) in [7, 11) is 2.44. The zero-order chi connectivity index (χ0) is 19.1. The third-order valence-electron chi connectivity index (χ3n) is 3.91. The fourth-order valence-electron chi connectivity index (χ4n) is 2.55. The summed E-state index contributed by atoms with van der Waals surface area (Å²) in [5.74, 6) is -1.46. The van der Waals surface area contributed by atoms with Crippen LogP contribution in [-0.4, -0.2) is 75.1 Å². The number of rotatable bonds is 4. The van der Waals surface area contributed by atoms with Crippen LogP contribution in [0.5, 0.6) is 0 Å². The van der Waals surface area contributed by atoms with Crippen LogP contribution in [-0.2, 0) is 14.2 Å². The van der Waals surface area contributed by atoms with E-state index in [0.29, 0.717) is 26.3 Å². The van der Waals surface area contributed by atoms with Crippen LogP contribution in [0.2, 0.25) is 0 Å². The number of nitrogens with zero attached hydrogens (tertiary/aromatic N) is 1. The molecular formula is C17H22N2O7. The van der Waals surface area contributed by atoms with Crippen molar-refractivity contribution in [2.75, 3.05) is 52.4 Å². The molecular weight excluding hydrogens is 344 g/mol. The Morgan fingerprint density at radius 2 is 1.81 bits per heavy atom. The van der Waals surface area contributed by atoms with E-state index in [1.807, 2.05) is 0 Å². The number of hydrogen-bond acceptors (Lipinski definition) is 7. The zero-order valence-electron chi connectivity index (χ0n) is 14.7. The molecule has 1 fully saturated rings. The quantitative estimate of drug-likeness (QED) is 0.755. The van der Waals surface area contributed by atoms with Gasteiger partial charge in [0.15, 0.2) is 0 Å². The van der Waals surface area contributed by atoms with Gasteiger partial charge in [0.1, 0.15) is 0 Å². The van der Waals surface area contributed by atoms with Crippen molar-refractivity contribution in [2.24, 2.45) is 5.92 Å². The molecule has 0 aromatic heterocycles. The highest BCUT2D eigenvalue weighted by atomic mass is 16.5. The van der Waals surface area contributed by atoms with Crippen LogP contribution < -0.4 is 5.32 Å². The molecule has 0 spiro atoms. The zero-order valence-corrected chi connectivity index (χ0v) is 14.7. The van der Waals surface area contributed by atoms with Gasteiger partial charge in [-0.2, -0.15) is 0 Å². The highest BCUT2D eigenvalue weighted by molar-refractivity contribution is 5.99. The predicted octanol–water partition coefficient (Wildman–Crippen LogP) is 0.732. The lowest BCUT2D eigenvalue weighted by molar-refractivity contribution is 0.0599. The van der Waals surface area contributed by atoms with E-state index in [2.05, 4.69) is 14.8 Å². The van der Waals surface area contributed by atoms with Gasteiger partial charge in [-0.3, -0.25) is 0 Å². The second kappa shape index (κ2) is 9.16. The summed E-state index contributed by atoms with van der Waals surface area (Å²) in [6, 6.07) is 3.73. The van der Waals surface area contributed by atoms with Crippen molar-refractivity contribution >= 4 is 23.7 Å². The standard InChI is InChI=1S/C17H22N2O7/c1-24-15(21)12-5-13(16(22)25-2)7-14(6-12)18-17(23)19-3-4-26-10-11(8-19)9-20/h5-7,11,20H,3-4,8-10H2,1-2H3,(H,18,23). The van der Waals surface area contributed by atoms with Gasteiger partial charge < -0.3 is 29.5 Å². The van der Waals surface area contributed by atoms with E-state index >= 15 is 0 Å². The van der Waals surface area contributed by atoms with E-state index in [9.17, 15) is 19.5 Å². The normalized spacial score (nSPS) is 17.2. The van der Waals surface area contributed by atoms with Gasteiger partial charge in [0, 0.05) is 31.3 Å². The minimum Gasteiger partial charge on any atom is -0.465 e. The number of esters is 2. The van der Waals surface area contributed by atoms with E-state index < -0.39 is 18.0 Å². The molecule has 1 heterocycles. The smallest absolute Gasteiger partial charge is 0.337 e. The van der Waals surface area contributed by atoms with Gasteiger partial charge in [-0.05, 0) is 18.2 Å². The van der Waals surface area contributed by atoms with Gasteiger partial charge >= 0.3 is 18.0 Å². The Morgan fingerprint density at radius 1 is 1.19 bits per heavy atom. The number of carbonyl (C=O) groups is 3. The molecule has 2 N–H and O–H groups in total. The van der Waals surface area contributed by atoms with E-state index in [-0.39, 0.29) is 29.3 Å². The summed E-state index contributed by atoms with van der Waals surface area (Å²) in [5, 5.41) is 12.0. The summed E-state index contributed by atoms with van der Waals surface area (Å²) >= 11 is 0. The molecule has 1 unspecified atom stereocenters. The Bertz CT molecular complexity index is 643. The first-order valence-electron chi connectivity index (χ1n) is 8.04. The first-order valence-corrected chi connectivity index (χ1v) is 8.04. The molecule has 9 nitrogen and oxygen atoms in total. The number of benzene rings is 1. The third-order valence-corrected chi connectivity index (χ3v) is 3.91. The minimum atomic E-state index is -0.644. The maximum Gasteiger partial charge on any atom is 0.337 e. The summed E-state index contributed by atoms with van der Waals surface area (Å²) in [4.78, 5) is 37.6. The molecule has 2 amide bonds. The van der Waals surface area contributed by atoms with Gasteiger partial charge in [-0.15, -0.1) is 0 Å². The van der Waals surface area contributed by atoms with Gasteiger partial charge in [0.05, 0.1) is 38.6 Å². The number of carbonyl (C=O) groups excluding carboxylic acids is 3. The highest BCUT2D eigenvalue weighted by Gasteiger charge is 2.23. The van der Waals surface area contributed by atoms with Crippen LogP contribution in [0, 0.1) is 5.92 Å². The molecule has 1 aromatic carbocycles. The molecule has 1 aliphatic heterocycles. The van der Waals surface area contributed by atoms with Gasteiger partial charge in [-0.1, -0.05) is 0 Å². The molecule has 0 saturated carbocycles. The number of urea groups is 1. The van der Waals surface area contributed by atoms with E-state index in [1.54, 1.807) is 0 Å². The Labute approximate surface area is 150 Å². The summed E-state index contributed by atoms with van der Waals surface area (Å²) < 4.78 is 14.7. The molecule has 1 saturated heterocycles. The van der Waals surface area contributed by atoms with Crippen molar-refractivity contribution in [2.45, 2.75) is 0 Å². The Morgan fingerprint density at radius 3 is 2.35 bits per heavy atom. The van der Waals surface area contributed by atoms with Crippen LogP contribution in [0.4, 0.5) is 10.5 Å². The van der Waals surface area contributed by atoms with Crippen molar-refractivity contribution in [1.82, 2.24) is 4.90 Å². The average molecular weight is 366 g/mol. The number of anilines is 1. The van der Waals surface area contributed by atoms with E-state index in [4.69, 9.17) is 4.74 Å². The van der Waals surface area contributed by atoms with Gasteiger partial charge in [-0.25, -0.2) is 14.4 Å². The number of hydrogen-bond donors (Lipinski definition) is 2. The molecule has 1 aromatic rings. The molecule has 2 rings (SSSR count). The van der Waals surface area contributed by atoms with Gasteiger partial charge in [0.25, 0.3) is 0 Å². The SMILES string of the molecule is COC(=O)c1cc(NC(=O)N2CCOCC(CO)C2)cc(C(=O)OC)c1. The molecule has 1 atom stereocenters. The van der Waals surface area contributed by atoms with Gasteiger partial charge in [0.2, 0.25) is 0 Å². The molecule has 9 heteroatoms. The van der Waals surface area contributed by atoms with Crippen LogP contribution in [0.1, 0.15) is 20.7 Å². The van der Waals surface area contributed by atoms with E-state index in [1.165, 1.54) is 37.3 Å². The third kappa shape index (κ3) is 4.93. The van der Waals surface area contributed by atoms with Crippen molar-refractivity contribution < 1.29 is 33.7 Å². The summed E-state index contributed by atoms with van der Waals surface area (Å²) in [5.41, 5.74) is 0.472.